The summed E-state index contributed by atoms with van der Waals surface area (Å²) in [6.07, 6.45) is 4.52. The summed E-state index contributed by atoms with van der Waals surface area (Å²) in [5.74, 6) is 1.78. The van der Waals surface area contributed by atoms with Crippen molar-refractivity contribution in [1.82, 2.24) is 0 Å². The first-order chi connectivity index (χ1) is 13.0. The third kappa shape index (κ3) is 7.67. The van der Waals surface area contributed by atoms with Gasteiger partial charge in [-0.2, -0.15) is 0 Å². The van der Waals surface area contributed by atoms with Crippen LogP contribution in [-0.4, -0.2) is 31.2 Å². The van der Waals surface area contributed by atoms with Crippen LogP contribution < -0.4 is 9.47 Å². The quantitative estimate of drug-likeness (QED) is 0.392. The van der Waals surface area contributed by atoms with E-state index in [1.54, 1.807) is 19.1 Å². The van der Waals surface area contributed by atoms with Crippen molar-refractivity contribution in [2.24, 2.45) is 0 Å². The van der Waals surface area contributed by atoms with Gasteiger partial charge in [0.15, 0.2) is 5.78 Å². The maximum atomic E-state index is 11.0. The van der Waals surface area contributed by atoms with Gasteiger partial charge < -0.3 is 14.2 Å². The van der Waals surface area contributed by atoms with Gasteiger partial charge in [0.05, 0.1) is 6.10 Å². The largest absolute Gasteiger partial charge is 0.491 e. The van der Waals surface area contributed by atoms with E-state index < -0.39 is 0 Å². The summed E-state index contributed by atoms with van der Waals surface area (Å²) < 4.78 is 16.1. The number of aryl methyl sites for hydroxylation is 1. The zero-order valence-corrected chi connectivity index (χ0v) is 16.5. The Bertz CT molecular complexity index is 732. The molecule has 0 aliphatic carbocycles. The topological polar surface area (TPSA) is 48.1 Å². The minimum absolute atomic E-state index is 0.0701. The SMILES string of the molecule is C/C=C/COc1ccc(C)cc1.CC(=O)c1ccc(OCC2OC2C)cc1. The van der Waals surface area contributed by atoms with Gasteiger partial charge in [-0.3, -0.25) is 4.79 Å². The highest BCUT2D eigenvalue weighted by Crippen LogP contribution is 2.22. The number of epoxide rings is 1. The number of hydrogen-bond acceptors (Lipinski definition) is 4. The number of rotatable bonds is 7. The Morgan fingerprint density at radius 2 is 1.59 bits per heavy atom. The molecule has 4 nitrogen and oxygen atoms in total. The Hall–Kier alpha value is -2.59. The number of ketones is 1. The lowest BCUT2D eigenvalue weighted by Gasteiger charge is -2.04. The molecule has 0 amide bonds. The second-order valence-electron chi connectivity index (χ2n) is 6.46. The predicted molar refractivity (Wildman–Crippen MR) is 108 cm³/mol. The molecule has 0 bridgehead atoms. The number of carbonyl (C=O) groups is 1. The Labute approximate surface area is 161 Å². The monoisotopic (exact) mass is 368 g/mol. The van der Waals surface area contributed by atoms with Crippen LogP contribution in [0.4, 0.5) is 0 Å². The smallest absolute Gasteiger partial charge is 0.159 e. The molecule has 2 aromatic carbocycles. The van der Waals surface area contributed by atoms with Crippen molar-refractivity contribution < 1.29 is 19.0 Å². The maximum absolute atomic E-state index is 11.0. The van der Waals surface area contributed by atoms with Gasteiger partial charge in [-0.25, -0.2) is 0 Å². The highest BCUT2D eigenvalue weighted by molar-refractivity contribution is 5.94. The molecule has 1 aliphatic rings. The van der Waals surface area contributed by atoms with E-state index in [1.165, 1.54) is 5.56 Å². The number of allylic oxidation sites excluding steroid dienone is 1. The fourth-order valence-corrected chi connectivity index (χ4v) is 2.24. The van der Waals surface area contributed by atoms with E-state index >= 15 is 0 Å². The van der Waals surface area contributed by atoms with E-state index in [2.05, 4.69) is 6.92 Å². The summed E-state index contributed by atoms with van der Waals surface area (Å²) in [5, 5.41) is 0. The van der Waals surface area contributed by atoms with Gasteiger partial charge in [0.2, 0.25) is 0 Å². The van der Waals surface area contributed by atoms with Gasteiger partial charge in [-0.1, -0.05) is 29.8 Å². The van der Waals surface area contributed by atoms with Gasteiger partial charge in [0.25, 0.3) is 0 Å². The number of carbonyl (C=O) groups excluding carboxylic acids is 1. The summed E-state index contributed by atoms with van der Waals surface area (Å²) in [7, 11) is 0. The van der Waals surface area contributed by atoms with Crippen LogP contribution in [0.1, 0.15) is 36.7 Å². The van der Waals surface area contributed by atoms with Crippen LogP contribution in [0, 0.1) is 6.92 Å². The molecular formula is C23H28O4. The van der Waals surface area contributed by atoms with Crippen molar-refractivity contribution in [2.45, 2.75) is 39.9 Å². The molecule has 4 heteroatoms. The lowest BCUT2D eigenvalue weighted by Crippen LogP contribution is -2.06. The van der Waals surface area contributed by atoms with Gasteiger partial charge in [0, 0.05) is 5.56 Å². The van der Waals surface area contributed by atoms with Crippen molar-refractivity contribution >= 4 is 5.78 Å². The molecule has 0 N–H and O–H groups in total. The van der Waals surface area contributed by atoms with Crippen molar-refractivity contribution in [1.29, 1.82) is 0 Å². The Balaban J connectivity index is 0.000000199. The van der Waals surface area contributed by atoms with Gasteiger partial charge in [0.1, 0.15) is 30.8 Å². The molecule has 144 valence electrons. The number of Topliss-reactive ketones (excluding diaryl/α,β-unsaturated/α-hetero) is 1. The predicted octanol–water partition coefficient (Wildman–Crippen LogP) is 5.01. The normalized spacial score (nSPS) is 17.8. The second-order valence-corrected chi connectivity index (χ2v) is 6.46. The Morgan fingerprint density at radius 3 is 2.11 bits per heavy atom. The number of hydrogen-bond donors (Lipinski definition) is 0. The summed E-state index contributed by atoms with van der Waals surface area (Å²) in [6.45, 7) is 8.86. The van der Waals surface area contributed by atoms with Crippen LogP contribution in [0.15, 0.2) is 60.7 Å². The maximum Gasteiger partial charge on any atom is 0.159 e. The fraction of sp³-hybridized carbons (Fsp3) is 0.348. The highest BCUT2D eigenvalue weighted by Gasteiger charge is 2.34. The van der Waals surface area contributed by atoms with Crippen LogP contribution >= 0.6 is 0 Å². The standard InChI is InChI=1S/C12H14O3.C11H14O/c1-8(13)10-3-5-11(6-4-10)14-7-12-9(2)15-12;1-3-4-9-12-11-7-5-10(2)6-8-11/h3-6,9,12H,7H2,1-2H3;3-8H,9H2,1-2H3/b;4-3+. The van der Waals surface area contributed by atoms with E-state index in [4.69, 9.17) is 14.2 Å². The van der Waals surface area contributed by atoms with Crippen LogP contribution in [0.2, 0.25) is 0 Å². The number of benzene rings is 2. The summed E-state index contributed by atoms with van der Waals surface area (Å²) in [4.78, 5) is 11.0. The van der Waals surface area contributed by atoms with E-state index in [0.717, 1.165) is 11.5 Å². The molecule has 0 spiro atoms. The lowest BCUT2D eigenvalue weighted by atomic mass is 10.1. The first-order valence-corrected chi connectivity index (χ1v) is 9.19. The molecule has 1 aliphatic heterocycles. The van der Waals surface area contributed by atoms with E-state index in [9.17, 15) is 4.79 Å². The molecule has 2 unspecified atom stereocenters. The zero-order chi connectivity index (χ0) is 19.6. The average molecular weight is 368 g/mol. The molecule has 1 saturated heterocycles. The van der Waals surface area contributed by atoms with Gasteiger partial charge >= 0.3 is 0 Å². The minimum Gasteiger partial charge on any atom is -0.491 e. The molecule has 0 saturated carbocycles. The molecule has 1 fully saturated rings. The molecule has 1 heterocycles. The van der Waals surface area contributed by atoms with Crippen LogP contribution in [0.3, 0.4) is 0 Å². The molecule has 27 heavy (non-hydrogen) atoms. The second kappa shape index (κ2) is 10.5. The average Bonchev–Trinajstić information content (AvgIpc) is 3.38. The van der Waals surface area contributed by atoms with Crippen LogP contribution in [0.5, 0.6) is 11.5 Å². The van der Waals surface area contributed by atoms with Crippen molar-refractivity contribution in [2.75, 3.05) is 13.2 Å². The summed E-state index contributed by atoms with van der Waals surface area (Å²) in [6, 6.07) is 15.2. The Kier molecular flexibility index (Phi) is 8.08. The lowest BCUT2D eigenvalue weighted by molar-refractivity contribution is 0.101. The van der Waals surface area contributed by atoms with Crippen molar-refractivity contribution in [3.8, 4) is 11.5 Å². The molecule has 3 rings (SSSR count). The zero-order valence-electron chi connectivity index (χ0n) is 16.5. The molecule has 0 radical (unpaired) electrons. The van der Waals surface area contributed by atoms with Gasteiger partial charge in [-0.15, -0.1) is 0 Å². The van der Waals surface area contributed by atoms with E-state index in [1.807, 2.05) is 62.4 Å². The van der Waals surface area contributed by atoms with E-state index in [0.29, 0.717) is 24.9 Å². The fourth-order valence-electron chi connectivity index (χ4n) is 2.24. The van der Waals surface area contributed by atoms with E-state index in [-0.39, 0.29) is 11.9 Å². The third-order valence-electron chi connectivity index (χ3n) is 4.11. The first kappa shape index (κ1) is 20.7. The Morgan fingerprint density at radius 1 is 1.04 bits per heavy atom. The molecule has 2 aromatic rings. The first-order valence-electron chi connectivity index (χ1n) is 9.19. The minimum atomic E-state index is 0.0701. The van der Waals surface area contributed by atoms with Crippen LogP contribution in [-0.2, 0) is 4.74 Å². The molecule has 2 atom stereocenters. The van der Waals surface area contributed by atoms with Gasteiger partial charge in [-0.05, 0) is 64.1 Å². The van der Waals surface area contributed by atoms with Crippen LogP contribution in [0.25, 0.3) is 0 Å². The van der Waals surface area contributed by atoms with Crippen molar-refractivity contribution in [3.63, 3.8) is 0 Å². The molecular weight excluding hydrogens is 340 g/mol. The highest BCUT2D eigenvalue weighted by atomic mass is 16.6. The molecule has 0 aromatic heterocycles. The number of ether oxygens (including phenoxy) is 3. The third-order valence-corrected chi connectivity index (χ3v) is 4.11. The summed E-state index contributed by atoms with van der Waals surface area (Å²) >= 11 is 0. The summed E-state index contributed by atoms with van der Waals surface area (Å²) in [5.41, 5.74) is 1.96. The van der Waals surface area contributed by atoms with Crippen molar-refractivity contribution in [3.05, 3.63) is 71.8 Å².